The Labute approximate surface area is 132 Å². The second kappa shape index (κ2) is 5.10. The Hall–Kier alpha value is -1.32. The van der Waals surface area contributed by atoms with Crippen molar-refractivity contribution in [3.63, 3.8) is 0 Å². The molecule has 4 aliphatic rings. The Morgan fingerprint density at radius 3 is 2.23 bits per heavy atom. The monoisotopic (exact) mass is 306 g/mol. The number of carbonyl (C=O) groups is 2. The molecule has 4 bridgehead atoms. The van der Waals surface area contributed by atoms with Crippen LogP contribution in [0.2, 0.25) is 0 Å². The molecule has 0 N–H and O–H groups in total. The molecule has 0 aromatic carbocycles. The largest absolute Gasteiger partial charge is 0.456 e. The lowest BCUT2D eigenvalue weighted by Crippen LogP contribution is -2.60. The van der Waals surface area contributed by atoms with Crippen LogP contribution in [0.3, 0.4) is 0 Å². The third-order valence-corrected chi connectivity index (χ3v) is 6.12. The number of hydrogen-bond donors (Lipinski definition) is 0. The predicted molar refractivity (Wildman–Crippen MR) is 81.9 cm³/mol. The van der Waals surface area contributed by atoms with Gasteiger partial charge in [-0.1, -0.05) is 13.5 Å². The molecule has 0 aromatic heterocycles. The zero-order chi connectivity index (χ0) is 16.1. The minimum absolute atomic E-state index is 0.293. The predicted octanol–water partition coefficient (Wildman–Crippen LogP) is 3.25. The van der Waals surface area contributed by atoms with Crippen molar-refractivity contribution in [2.75, 3.05) is 6.61 Å². The van der Waals surface area contributed by atoms with E-state index in [2.05, 4.69) is 20.4 Å². The van der Waals surface area contributed by atoms with E-state index in [4.69, 9.17) is 9.47 Å². The Bertz CT molecular complexity index is 505. The summed E-state index contributed by atoms with van der Waals surface area (Å²) in [7, 11) is 0. The van der Waals surface area contributed by atoms with Gasteiger partial charge in [0.15, 0.2) is 6.61 Å². The number of ether oxygens (including phenoxy) is 2. The van der Waals surface area contributed by atoms with Crippen molar-refractivity contribution in [1.29, 1.82) is 0 Å². The van der Waals surface area contributed by atoms with E-state index >= 15 is 0 Å². The van der Waals surface area contributed by atoms with Crippen LogP contribution < -0.4 is 0 Å². The van der Waals surface area contributed by atoms with Crippen molar-refractivity contribution >= 4 is 11.9 Å². The van der Waals surface area contributed by atoms with E-state index < -0.39 is 11.9 Å². The van der Waals surface area contributed by atoms with Crippen molar-refractivity contribution < 1.29 is 19.1 Å². The number of carbonyl (C=O) groups excluding carboxylic acids is 2. The van der Waals surface area contributed by atoms with Crippen molar-refractivity contribution in [2.24, 2.45) is 23.2 Å². The Kier molecular flexibility index (Phi) is 3.61. The van der Waals surface area contributed by atoms with Crippen LogP contribution in [-0.4, -0.2) is 24.1 Å². The van der Waals surface area contributed by atoms with Crippen molar-refractivity contribution in [2.45, 2.75) is 58.5 Å². The molecule has 0 aliphatic heterocycles. The van der Waals surface area contributed by atoms with Gasteiger partial charge in [-0.15, -0.1) is 0 Å². The molecular weight excluding hydrogens is 280 g/mol. The molecule has 0 aromatic rings. The minimum atomic E-state index is -0.542. The molecule has 4 heteroatoms. The summed E-state index contributed by atoms with van der Waals surface area (Å²) in [4.78, 5) is 23.5. The van der Waals surface area contributed by atoms with E-state index in [-0.39, 0.29) is 12.2 Å². The average Bonchev–Trinajstić information content (AvgIpc) is 2.40. The number of esters is 2. The van der Waals surface area contributed by atoms with E-state index in [1.807, 2.05) is 0 Å². The van der Waals surface area contributed by atoms with Gasteiger partial charge in [-0.3, -0.25) is 0 Å². The standard InChI is InChI=1S/C18H26O4/c1-11(2)16(20)21-10-15(19)22-18(4)13-5-12-6-14(18)9-17(3,7-12)8-13/h12-14H,1,5-10H2,2-4H3. The van der Waals surface area contributed by atoms with Crippen LogP contribution >= 0.6 is 0 Å². The summed E-state index contributed by atoms with van der Waals surface area (Å²) in [6.07, 6.45) is 5.97. The van der Waals surface area contributed by atoms with Gasteiger partial charge in [0, 0.05) is 5.57 Å². The highest BCUT2D eigenvalue weighted by Crippen LogP contribution is 2.64. The molecule has 22 heavy (non-hydrogen) atoms. The fourth-order valence-corrected chi connectivity index (χ4v) is 5.27. The Morgan fingerprint density at radius 2 is 1.73 bits per heavy atom. The van der Waals surface area contributed by atoms with Crippen LogP contribution in [-0.2, 0) is 19.1 Å². The van der Waals surface area contributed by atoms with Crippen LogP contribution in [0.25, 0.3) is 0 Å². The molecule has 0 saturated heterocycles. The smallest absolute Gasteiger partial charge is 0.344 e. The number of rotatable bonds is 4. The first-order valence-electron chi connectivity index (χ1n) is 8.26. The molecule has 4 rings (SSSR count). The van der Waals surface area contributed by atoms with Gasteiger partial charge in [0.05, 0.1) is 0 Å². The molecular formula is C18H26O4. The zero-order valence-electron chi connectivity index (χ0n) is 13.8. The zero-order valence-corrected chi connectivity index (χ0v) is 13.8. The van der Waals surface area contributed by atoms with Gasteiger partial charge in [-0.25, -0.2) is 9.59 Å². The highest BCUT2D eigenvalue weighted by molar-refractivity contribution is 5.88. The van der Waals surface area contributed by atoms with Gasteiger partial charge in [0.2, 0.25) is 0 Å². The van der Waals surface area contributed by atoms with Crippen molar-refractivity contribution in [3.05, 3.63) is 12.2 Å². The summed E-state index contributed by atoms with van der Waals surface area (Å²) in [5.41, 5.74) is 0.347. The van der Waals surface area contributed by atoms with Gasteiger partial charge < -0.3 is 9.47 Å². The molecule has 0 spiro atoms. The molecule has 122 valence electrons. The molecule has 0 heterocycles. The van der Waals surface area contributed by atoms with Crippen molar-refractivity contribution in [3.8, 4) is 0 Å². The summed E-state index contributed by atoms with van der Waals surface area (Å²) in [5, 5.41) is 0. The minimum Gasteiger partial charge on any atom is -0.456 e. The summed E-state index contributed by atoms with van der Waals surface area (Å²) in [5.74, 6) is 0.721. The van der Waals surface area contributed by atoms with Gasteiger partial charge in [-0.05, 0) is 69.1 Å². The van der Waals surface area contributed by atoms with Crippen LogP contribution in [0, 0.1) is 23.2 Å². The van der Waals surface area contributed by atoms with Crippen LogP contribution in [0.1, 0.15) is 52.9 Å². The fraction of sp³-hybridized carbons (Fsp3) is 0.778. The topological polar surface area (TPSA) is 52.6 Å². The maximum Gasteiger partial charge on any atom is 0.344 e. The summed E-state index contributed by atoms with van der Waals surface area (Å²) >= 11 is 0. The normalized spacial score (nSPS) is 42.0. The Morgan fingerprint density at radius 1 is 1.14 bits per heavy atom. The highest BCUT2D eigenvalue weighted by atomic mass is 16.6. The van der Waals surface area contributed by atoms with Crippen molar-refractivity contribution in [1.82, 2.24) is 0 Å². The van der Waals surface area contributed by atoms with E-state index in [0.717, 1.165) is 18.8 Å². The van der Waals surface area contributed by atoms with E-state index in [0.29, 0.717) is 22.8 Å². The molecule has 4 fully saturated rings. The molecule has 4 nitrogen and oxygen atoms in total. The first-order chi connectivity index (χ1) is 10.2. The lowest BCUT2D eigenvalue weighted by atomic mass is 9.45. The Balaban J connectivity index is 1.63. The van der Waals surface area contributed by atoms with Gasteiger partial charge >= 0.3 is 11.9 Å². The summed E-state index contributed by atoms with van der Waals surface area (Å²) in [6, 6.07) is 0. The molecule has 4 aliphatic carbocycles. The van der Waals surface area contributed by atoms with E-state index in [1.54, 1.807) is 6.92 Å². The van der Waals surface area contributed by atoms with Crippen LogP contribution in [0.5, 0.6) is 0 Å². The molecule has 2 atom stereocenters. The summed E-state index contributed by atoms with van der Waals surface area (Å²) < 4.78 is 10.8. The van der Waals surface area contributed by atoms with Gasteiger partial charge in [0.25, 0.3) is 0 Å². The van der Waals surface area contributed by atoms with E-state index in [9.17, 15) is 9.59 Å². The number of hydrogen-bond acceptors (Lipinski definition) is 4. The van der Waals surface area contributed by atoms with Crippen LogP contribution in [0.15, 0.2) is 12.2 Å². The third-order valence-electron chi connectivity index (χ3n) is 6.12. The second-order valence-corrected chi connectivity index (χ2v) is 8.17. The molecule has 4 saturated carbocycles. The maximum absolute atomic E-state index is 12.1. The third kappa shape index (κ3) is 2.57. The maximum atomic E-state index is 12.1. The average molecular weight is 306 g/mol. The van der Waals surface area contributed by atoms with Gasteiger partial charge in [0.1, 0.15) is 5.60 Å². The quantitative estimate of drug-likeness (QED) is 0.591. The highest BCUT2D eigenvalue weighted by Gasteiger charge is 2.60. The molecule has 0 amide bonds. The summed E-state index contributed by atoms with van der Waals surface area (Å²) in [6.45, 7) is 9.22. The molecule has 0 radical (unpaired) electrons. The van der Waals surface area contributed by atoms with E-state index in [1.165, 1.54) is 19.3 Å². The molecule has 2 unspecified atom stereocenters. The van der Waals surface area contributed by atoms with Crippen LogP contribution in [0.4, 0.5) is 0 Å². The SMILES string of the molecule is C=C(C)C(=O)OCC(=O)OC1(C)C2CC3CC1CC(C)(C3)C2. The first-order valence-corrected chi connectivity index (χ1v) is 8.26. The second-order valence-electron chi connectivity index (χ2n) is 8.17. The lowest BCUT2D eigenvalue weighted by molar-refractivity contribution is -0.219. The lowest BCUT2D eigenvalue weighted by Gasteiger charge is -2.62. The van der Waals surface area contributed by atoms with Gasteiger partial charge in [-0.2, -0.15) is 0 Å². The first kappa shape index (κ1) is 15.6. The fourth-order valence-electron chi connectivity index (χ4n) is 5.27.